The second-order valence-corrected chi connectivity index (χ2v) is 7.15. The van der Waals surface area contributed by atoms with E-state index in [1.807, 2.05) is 18.2 Å². The summed E-state index contributed by atoms with van der Waals surface area (Å²) in [4.78, 5) is 24.9. The monoisotopic (exact) mass is 450 g/mol. The summed E-state index contributed by atoms with van der Waals surface area (Å²) in [6.45, 7) is 0. The number of ether oxygens (including phenoxy) is 3. The summed E-state index contributed by atoms with van der Waals surface area (Å²) in [5.41, 5.74) is 1.56. The minimum Gasteiger partial charge on any atom is -0.496 e. The third kappa shape index (κ3) is 3.93. The Balaban J connectivity index is 1.56. The first-order chi connectivity index (χ1) is 14.0. The van der Waals surface area contributed by atoms with Crippen molar-refractivity contribution in [2.24, 2.45) is 0 Å². The van der Waals surface area contributed by atoms with Gasteiger partial charge in [-0.1, -0.05) is 34.1 Å². The maximum absolute atomic E-state index is 12.6. The first-order valence-corrected chi connectivity index (χ1v) is 9.53. The summed E-state index contributed by atoms with van der Waals surface area (Å²) in [7, 11) is 1.56. The average Bonchev–Trinajstić information content (AvgIpc) is 3.03. The van der Waals surface area contributed by atoms with Crippen LogP contribution in [0.25, 0.3) is 6.08 Å². The summed E-state index contributed by atoms with van der Waals surface area (Å²) in [6.07, 6.45) is 1.63. The Labute approximate surface area is 175 Å². The predicted octanol–water partition coefficient (Wildman–Crippen LogP) is 5.29. The van der Waals surface area contributed by atoms with Gasteiger partial charge in [-0.15, -0.1) is 0 Å². The molecule has 4 rings (SSSR count). The van der Waals surface area contributed by atoms with Crippen LogP contribution in [0.4, 0.5) is 0 Å². The molecule has 0 aromatic heterocycles. The molecule has 0 radical (unpaired) electrons. The Bertz CT molecular complexity index is 1130. The zero-order valence-electron chi connectivity index (χ0n) is 15.3. The van der Waals surface area contributed by atoms with Crippen LogP contribution in [-0.4, -0.2) is 18.9 Å². The van der Waals surface area contributed by atoms with Crippen LogP contribution >= 0.6 is 15.9 Å². The van der Waals surface area contributed by atoms with Crippen LogP contribution in [0.2, 0.25) is 0 Å². The quantitative estimate of drug-likeness (QED) is 0.306. The lowest BCUT2D eigenvalue weighted by Gasteiger charge is -2.06. The van der Waals surface area contributed by atoms with Crippen molar-refractivity contribution in [3.63, 3.8) is 0 Å². The summed E-state index contributed by atoms with van der Waals surface area (Å²) < 4.78 is 17.3. The fourth-order valence-electron chi connectivity index (χ4n) is 2.91. The number of fused-ring (bicyclic) bond motifs is 1. The molecule has 3 aromatic rings. The lowest BCUT2D eigenvalue weighted by atomic mass is 10.1. The average molecular weight is 451 g/mol. The van der Waals surface area contributed by atoms with Gasteiger partial charge >= 0.3 is 5.97 Å². The van der Waals surface area contributed by atoms with Crippen molar-refractivity contribution in [2.45, 2.75) is 0 Å². The molecule has 144 valence electrons. The van der Waals surface area contributed by atoms with Gasteiger partial charge in [0, 0.05) is 16.1 Å². The molecule has 0 unspecified atom stereocenters. The Kier molecular flexibility index (Phi) is 5.18. The summed E-state index contributed by atoms with van der Waals surface area (Å²) in [5, 5.41) is 0. The third-order valence-electron chi connectivity index (χ3n) is 4.36. The van der Waals surface area contributed by atoms with Crippen molar-refractivity contribution in [3.05, 3.63) is 93.7 Å². The summed E-state index contributed by atoms with van der Waals surface area (Å²) >= 11 is 3.33. The van der Waals surface area contributed by atoms with Gasteiger partial charge in [0.1, 0.15) is 17.2 Å². The maximum atomic E-state index is 12.6. The molecule has 0 saturated heterocycles. The van der Waals surface area contributed by atoms with E-state index in [-0.39, 0.29) is 11.5 Å². The minimum absolute atomic E-state index is 0.181. The van der Waals surface area contributed by atoms with Gasteiger partial charge in [-0.25, -0.2) is 4.79 Å². The van der Waals surface area contributed by atoms with E-state index in [1.165, 1.54) is 6.07 Å². The molecule has 0 aliphatic carbocycles. The molecule has 0 spiro atoms. The van der Waals surface area contributed by atoms with Gasteiger partial charge in [0.2, 0.25) is 5.78 Å². The molecule has 6 heteroatoms. The second kappa shape index (κ2) is 7.93. The molecule has 29 heavy (non-hydrogen) atoms. The third-order valence-corrected chi connectivity index (χ3v) is 4.89. The SMILES string of the molecule is COc1ccccc1/C=C1\Oc2cc(OC(=O)c3ccc(Br)cc3)ccc2C1=O. The fraction of sp³-hybridized carbons (Fsp3) is 0.0435. The van der Waals surface area contributed by atoms with E-state index in [1.54, 1.807) is 55.7 Å². The minimum atomic E-state index is -0.494. The Morgan fingerprint density at radius 2 is 1.79 bits per heavy atom. The second-order valence-electron chi connectivity index (χ2n) is 6.24. The van der Waals surface area contributed by atoms with Gasteiger partial charge < -0.3 is 14.2 Å². The highest BCUT2D eigenvalue weighted by Crippen LogP contribution is 2.36. The number of hydrogen-bond acceptors (Lipinski definition) is 5. The largest absolute Gasteiger partial charge is 0.496 e. The molecular formula is C23H15BrO5. The molecule has 0 atom stereocenters. The van der Waals surface area contributed by atoms with E-state index >= 15 is 0 Å². The van der Waals surface area contributed by atoms with Crippen LogP contribution in [0.15, 0.2) is 77.0 Å². The smallest absolute Gasteiger partial charge is 0.343 e. The highest BCUT2D eigenvalue weighted by molar-refractivity contribution is 9.10. The van der Waals surface area contributed by atoms with Crippen molar-refractivity contribution >= 4 is 33.8 Å². The number of halogens is 1. The predicted molar refractivity (Wildman–Crippen MR) is 111 cm³/mol. The van der Waals surface area contributed by atoms with Crippen LogP contribution in [-0.2, 0) is 0 Å². The zero-order valence-corrected chi connectivity index (χ0v) is 16.9. The van der Waals surface area contributed by atoms with Crippen molar-refractivity contribution in [1.82, 2.24) is 0 Å². The van der Waals surface area contributed by atoms with E-state index in [2.05, 4.69) is 15.9 Å². The van der Waals surface area contributed by atoms with E-state index in [0.717, 1.165) is 10.0 Å². The van der Waals surface area contributed by atoms with Gasteiger partial charge in [-0.2, -0.15) is 0 Å². The number of ketones is 1. The van der Waals surface area contributed by atoms with Crippen LogP contribution < -0.4 is 14.2 Å². The number of rotatable bonds is 4. The van der Waals surface area contributed by atoms with Crippen LogP contribution in [0, 0.1) is 0 Å². The van der Waals surface area contributed by atoms with E-state index in [0.29, 0.717) is 28.4 Å². The molecule has 3 aromatic carbocycles. The van der Waals surface area contributed by atoms with Crippen molar-refractivity contribution in [3.8, 4) is 17.2 Å². The first-order valence-electron chi connectivity index (χ1n) is 8.74. The van der Waals surface area contributed by atoms with E-state index in [4.69, 9.17) is 14.2 Å². The number of benzene rings is 3. The van der Waals surface area contributed by atoms with E-state index < -0.39 is 5.97 Å². The number of carbonyl (C=O) groups is 2. The fourth-order valence-corrected chi connectivity index (χ4v) is 3.17. The van der Waals surface area contributed by atoms with Crippen LogP contribution in [0.3, 0.4) is 0 Å². The maximum Gasteiger partial charge on any atom is 0.343 e. The molecule has 1 aliphatic heterocycles. The number of carbonyl (C=O) groups excluding carboxylic acids is 2. The van der Waals surface area contributed by atoms with Crippen LogP contribution in [0.5, 0.6) is 17.2 Å². The Morgan fingerprint density at radius 3 is 2.55 bits per heavy atom. The molecule has 5 nitrogen and oxygen atoms in total. The van der Waals surface area contributed by atoms with Gasteiger partial charge in [-0.3, -0.25) is 4.79 Å². The molecular weight excluding hydrogens is 436 g/mol. The van der Waals surface area contributed by atoms with Gasteiger partial charge in [-0.05, 0) is 48.5 Å². The Hall–Kier alpha value is -3.38. The summed E-state index contributed by atoms with van der Waals surface area (Å²) in [6, 6.07) is 18.9. The molecule has 1 heterocycles. The van der Waals surface area contributed by atoms with Gasteiger partial charge in [0.05, 0.1) is 18.2 Å². The number of methoxy groups -OCH3 is 1. The van der Waals surface area contributed by atoms with Gasteiger partial charge in [0.15, 0.2) is 5.76 Å². The van der Waals surface area contributed by atoms with Crippen molar-refractivity contribution < 1.29 is 23.8 Å². The molecule has 0 N–H and O–H groups in total. The van der Waals surface area contributed by atoms with Gasteiger partial charge in [0.25, 0.3) is 0 Å². The lowest BCUT2D eigenvalue weighted by molar-refractivity contribution is 0.0734. The van der Waals surface area contributed by atoms with Crippen LogP contribution in [0.1, 0.15) is 26.3 Å². The number of hydrogen-bond donors (Lipinski definition) is 0. The molecule has 1 aliphatic rings. The standard InChI is InChI=1S/C23H15BrO5/c1-27-19-5-3-2-4-15(19)12-21-22(25)18-11-10-17(13-20(18)29-21)28-23(26)14-6-8-16(24)9-7-14/h2-13H,1H3/b21-12-. The number of allylic oxidation sites excluding steroid dienone is 1. The van der Waals surface area contributed by atoms with E-state index in [9.17, 15) is 9.59 Å². The number of Topliss-reactive ketones (excluding diaryl/α,β-unsaturated/α-hetero) is 1. The molecule has 0 fully saturated rings. The highest BCUT2D eigenvalue weighted by atomic mass is 79.9. The first kappa shape index (κ1) is 19.0. The summed E-state index contributed by atoms with van der Waals surface area (Å²) in [5.74, 6) is 0.723. The topological polar surface area (TPSA) is 61.8 Å². The molecule has 0 bridgehead atoms. The Morgan fingerprint density at radius 1 is 1.03 bits per heavy atom. The van der Waals surface area contributed by atoms with Crippen molar-refractivity contribution in [1.29, 1.82) is 0 Å². The molecule has 0 amide bonds. The normalized spacial score (nSPS) is 13.7. The molecule has 0 saturated carbocycles. The zero-order chi connectivity index (χ0) is 20.4. The lowest BCUT2D eigenvalue weighted by Crippen LogP contribution is -2.08. The number of esters is 1. The highest BCUT2D eigenvalue weighted by Gasteiger charge is 2.28. The number of para-hydroxylation sites is 1. The van der Waals surface area contributed by atoms with Crippen molar-refractivity contribution in [2.75, 3.05) is 7.11 Å².